The first-order valence-electron chi connectivity index (χ1n) is 9.26. The Bertz CT molecular complexity index is 1090. The van der Waals surface area contributed by atoms with Gasteiger partial charge >= 0.3 is 0 Å². The van der Waals surface area contributed by atoms with Crippen LogP contribution in [0.2, 0.25) is 0 Å². The van der Waals surface area contributed by atoms with E-state index in [1.165, 1.54) is 15.6 Å². The van der Waals surface area contributed by atoms with E-state index in [1.54, 1.807) is 29.9 Å². The molecule has 1 saturated heterocycles. The van der Waals surface area contributed by atoms with Gasteiger partial charge in [-0.2, -0.15) is 9.40 Å². The van der Waals surface area contributed by atoms with Crippen LogP contribution < -0.4 is 5.32 Å². The summed E-state index contributed by atoms with van der Waals surface area (Å²) in [7, 11) is -3.46. The molecule has 0 aliphatic carbocycles. The predicted molar refractivity (Wildman–Crippen MR) is 111 cm³/mol. The molecule has 3 aromatic heterocycles. The summed E-state index contributed by atoms with van der Waals surface area (Å²) in [5, 5.41) is 11.8. The summed E-state index contributed by atoms with van der Waals surface area (Å²) in [6.07, 6.45) is 4.37. The number of amides is 1. The van der Waals surface area contributed by atoms with Gasteiger partial charge in [-0.1, -0.05) is 6.07 Å². The Morgan fingerprint density at radius 2 is 1.97 bits per heavy atom. The summed E-state index contributed by atoms with van der Waals surface area (Å²) < 4.78 is 27.0. The van der Waals surface area contributed by atoms with Crippen LogP contribution in [0.3, 0.4) is 0 Å². The standard InChI is InChI=1S/C19H21N5O3S2/c1-13-17(14-4-8-20-9-5-14)22-23-18(13)21-19(25)15-6-10-24(11-7-15)29(26,27)16-3-2-12-28-16/h2-5,8-9,12,15H,6-7,10-11H2,1H3,(H2,21,22,23,25). The molecule has 0 atom stereocenters. The third-order valence-electron chi connectivity index (χ3n) is 5.13. The maximum absolute atomic E-state index is 12.7. The fourth-order valence-electron chi connectivity index (χ4n) is 3.43. The monoisotopic (exact) mass is 431 g/mol. The number of H-pyrrole nitrogens is 1. The SMILES string of the molecule is Cc1c(NC(=O)C2CCN(S(=O)(=O)c3cccs3)CC2)n[nH]c1-c1ccncc1. The summed E-state index contributed by atoms with van der Waals surface area (Å²) in [5.74, 6) is 0.120. The molecule has 1 fully saturated rings. The molecule has 0 saturated carbocycles. The van der Waals surface area contributed by atoms with Crippen molar-refractivity contribution < 1.29 is 13.2 Å². The van der Waals surface area contributed by atoms with Crippen LogP contribution in [0.4, 0.5) is 5.82 Å². The highest BCUT2D eigenvalue weighted by molar-refractivity contribution is 7.91. The molecule has 0 aromatic carbocycles. The molecule has 10 heteroatoms. The lowest BCUT2D eigenvalue weighted by atomic mass is 9.97. The molecular weight excluding hydrogens is 410 g/mol. The van der Waals surface area contributed by atoms with Crippen LogP contribution in [0, 0.1) is 12.8 Å². The van der Waals surface area contributed by atoms with Crippen molar-refractivity contribution in [3.63, 3.8) is 0 Å². The van der Waals surface area contributed by atoms with Crippen molar-refractivity contribution in [3.05, 3.63) is 47.6 Å². The predicted octanol–water partition coefficient (Wildman–Crippen LogP) is 2.88. The summed E-state index contributed by atoms with van der Waals surface area (Å²) in [5.41, 5.74) is 2.62. The van der Waals surface area contributed by atoms with Crippen molar-refractivity contribution in [1.29, 1.82) is 0 Å². The Morgan fingerprint density at radius 3 is 2.62 bits per heavy atom. The number of sulfonamides is 1. The van der Waals surface area contributed by atoms with Crippen LogP contribution in [0.15, 0.2) is 46.2 Å². The van der Waals surface area contributed by atoms with Crippen molar-refractivity contribution in [3.8, 4) is 11.3 Å². The van der Waals surface area contributed by atoms with Crippen LogP contribution in [-0.2, 0) is 14.8 Å². The van der Waals surface area contributed by atoms with E-state index in [-0.39, 0.29) is 11.8 Å². The van der Waals surface area contributed by atoms with E-state index < -0.39 is 10.0 Å². The lowest BCUT2D eigenvalue weighted by Gasteiger charge is -2.30. The molecule has 1 aliphatic rings. The Balaban J connectivity index is 1.39. The maximum Gasteiger partial charge on any atom is 0.252 e. The number of anilines is 1. The van der Waals surface area contributed by atoms with Crippen molar-refractivity contribution in [2.24, 2.45) is 5.92 Å². The van der Waals surface area contributed by atoms with Crippen molar-refractivity contribution in [2.45, 2.75) is 24.0 Å². The lowest BCUT2D eigenvalue weighted by molar-refractivity contribution is -0.120. The van der Waals surface area contributed by atoms with Crippen LogP contribution in [0.1, 0.15) is 18.4 Å². The van der Waals surface area contributed by atoms with E-state index in [0.29, 0.717) is 36.0 Å². The quantitative estimate of drug-likeness (QED) is 0.646. The molecule has 4 rings (SSSR count). The topological polar surface area (TPSA) is 108 Å². The molecule has 1 aliphatic heterocycles. The minimum Gasteiger partial charge on any atom is -0.309 e. The van der Waals surface area contributed by atoms with Gasteiger partial charge in [-0.15, -0.1) is 11.3 Å². The number of nitrogens with zero attached hydrogens (tertiary/aromatic N) is 3. The number of hydrogen-bond acceptors (Lipinski definition) is 6. The van der Waals surface area contributed by atoms with Gasteiger partial charge in [0.05, 0.1) is 5.69 Å². The first kappa shape index (κ1) is 19.7. The molecule has 8 nitrogen and oxygen atoms in total. The summed E-state index contributed by atoms with van der Waals surface area (Å²) >= 11 is 1.21. The normalized spacial score (nSPS) is 16.0. The van der Waals surface area contributed by atoms with E-state index in [1.807, 2.05) is 19.1 Å². The van der Waals surface area contributed by atoms with Crippen LogP contribution >= 0.6 is 11.3 Å². The maximum atomic E-state index is 12.7. The second-order valence-corrected chi connectivity index (χ2v) is 10.0. The van der Waals surface area contributed by atoms with Gasteiger partial charge in [-0.05, 0) is 43.3 Å². The molecule has 1 amide bonds. The van der Waals surface area contributed by atoms with Crippen molar-refractivity contribution in [2.75, 3.05) is 18.4 Å². The van der Waals surface area contributed by atoms with Gasteiger partial charge in [-0.25, -0.2) is 8.42 Å². The van der Waals surface area contributed by atoms with Crippen LogP contribution in [0.5, 0.6) is 0 Å². The summed E-state index contributed by atoms with van der Waals surface area (Å²) in [6, 6.07) is 7.08. The number of aromatic nitrogens is 3. The number of piperidine rings is 1. The largest absolute Gasteiger partial charge is 0.309 e. The summed E-state index contributed by atoms with van der Waals surface area (Å²) in [6.45, 7) is 2.56. The molecule has 4 heterocycles. The third-order valence-corrected chi connectivity index (χ3v) is 8.41. The zero-order valence-corrected chi connectivity index (χ0v) is 17.5. The van der Waals surface area contributed by atoms with E-state index in [0.717, 1.165) is 16.8 Å². The Kier molecular flexibility index (Phi) is 5.48. The fourth-order valence-corrected chi connectivity index (χ4v) is 6.05. The molecule has 152 valence electrons. The van der Waals surface area contributed by atoms with Gasteiger partial charge in [0.1, 0.15) is 4.21 Å². The van der Waals surface area contributed by atoms with Crippen LogP contribution in [-0.4, -0.2) is 46.9 Å². The molecule has 0 bridgehead atoms. The van der Waals surface area contributed by atoms with Gasteiger partial charge in [0.25, 0.3) is 10.0 Å². The first-order valence-corrected chi connectivity index (χ1v) is 11.6. The van der Waals surface area contributed by atoms with Crippen LogP contribution in [0.25, 0.3) is 11.3 Å². The molecule has 2 N–H and O–H groups in total. The van der Waals surface area contributed by atoms with E-state index >= 15 is 0 Å². The molecule has 0 radical (unpaired) electrons. The van der Waals surface area contributed by atoms with Crippen molar-refractivity contribution >= 4 is 33.1 Å². The highest BCUT2D eigenvalue weighted by atomic mass is 32.2. The number of carbonyl (C=O) groups excluding carboxylic acids is 1. The molecule has 29 heavy (non-hydrogen) atoms. The highest BCUT2D eigenvalue weighted by Gasteiger charge is 2.33. The fraction of sp³-hybridized carbons (Fsp3) is 0.316. The zero-order valence-electron chi connectivity index (χ0n) is 15.8. The summed E-state index contributed by atoms with van der Waals surface area (Å²) in [4.78, 5) is 16.7. The average molecular weight is 432 g/mol. The number of carbonyl (C=O) groups is 1. The molecular formula is C19H21N5O3S2. The molecule has 3 aromatic rings. The number of rotatable bonds is 5. The van der Waals surface area contributed by atoms with Gasteiger partial charge < -0.3 is 5.32 Å². The highest BCUT2D eigenvalue weighted by Crippen LogP contribution is 2.29. The van der Waals surface area contributed by atoms with Crippen molar-refractivity contribution in [1.82, 2.24) is 19.5 Å². The zero-order chi connectivity index (χ0) is 20.4. The second kappa shape index (κ2) is 8.05. The molecule has 0 spiro atoms. The number of aromatic amines is 1. The number of nitrogens with one attached hydrogen (secondary N) is 2. The Morgan fingerprint density at radius 1 is 1.24 bits per heavy atom. The van der Waals surface area contributed by atoms with Gasteiger partial charge in [0, 0.05) is 42.5 Å². The number of thiophene rings is 1. The van der Waals surface area contributed by atoms with E-state index in [2.05, 4.69) is 20.5 Å². The van der Waals surface area contributed by atoms with E-state index in [4.69, 9.17) is 0 Å². The lowest BCUT2D eigenvalue weighted by Crippen LogP contribution is -2.41. The minimum absolute atomic E-state index is 0.131. The first-order chi connectivity index (χ1) is 14.0. The van der Waals surface area contributed by atoms with Gasteiger partial charge in [-0.3, -0.25) is 14.9 Å². The Hall–Kier alpha value is -2.56. The van der Waals surface area contributed by atoms with Gasteiger partial charge in [0.2, 0.25) is 5.91 Å². The number of hydrogen-bond donors (Lipinski definition) is 2. The minimum atomic E-state index is -3.46. The molecule has 0 unspecified atom stereocenters. The number of pyridine rings is 1. The van der Waals surface area contributed by atoms with E-state index in [9.17, 15) is 13.2 Å². The third kappa shape index (κ3) is 3.96. The smallest absolute Gasteiger partial charge is 0.252 e. The van der Waals surface area contributed by atoms with Gasteiger partial charge in [0.15, 0.2) is 5.82 Å². The Labute approximate surface area is 173 Å². The average Bonchev–Trinajstić information content (AvgIpc) is 3.40. The second-order valence-electron chi connectivity index (χ2n) is 6.91.